The minimum absolute atomic E-state index is 0.0146. The molecule has 7 nitrogen and oxygen atoms in total. The molecule has 3 rings (SSSR count). The maximum atomic E-state index is 12.9. The number of hydrogen-bond acceptors (Lipinski definition) is 5. The molecule has 0 bridgehead atoms. The standard InChI is InChI=1S/C20H30N2O5/c1-2-27-20(26)16-15(18(24)21-13-9-5-3-6-10-13)17(23)19(25)22(16)14-11-7-4-8-12-14/h13-16H,2-12H2,1H3,(H,21,24)/t15-,16-/m1/s1. The molecule has 27 heavy (non-hydrogen) atoms. The van der Waals surface area contributed by atoms with Crippen molar-refractivity contribution in [3.8, 4) is 0 Å². The average Bonchev–Trinajstić information content (AvgIpc) is 2.95. The molecule has 1 saturated heterocycles. The number of likely N-dealkylation sites (tertiary alicyclic amines) is 1. The molecule has 1 heterocycles. The van der Waals surface area contributed by atoms with Crippen molar-refractivity contribution in [1.29, 1.82) is 0 Å². The molecule has 2 atom stereocenters. The summed E-state index contributed by atoms with van der Waals surface area (Å²) in [5, 5.41) is 2.92. The van der Waals surface area contributed by atoms with Gasteiger partial charge in [0.15, 0.2) is 0 Å². The van der Waals surface area contributed by atoms with Crippen LogP contribution in [-0.4, -0.2) is 53.2 Å². The summed E-state index contributed by atoms with van der Waals surface area (Å²) in [7, 11) is 0. The van der Waals surface area contributed by atoms with Gasteiger partial charge in [0.05, 0.1) is 6.61 Å². The van der Waals surface area contributed by atoms with Gasteiger partial charge in [-0.3, -0.25) is 14.4 Å². The van der Waals surface area contributed by atoms with Crippen molar-refractivity contribution in [3.63, 3.8) is 0 Å². The smallest absolute Gasteiger partial charge is 0.330 e. The number of nitrogens with one attached hydrogen (secondary N) is 1. The van der Waals surface area contributed by atoms with Gasteiger partial charge in [-0.25, -0.2) is 4.79 Å². The molecule has 0 aromatic carbocycles. The molecule has 150 valence electrons. The Morgan fingerprint density at radius 2 is 1.59 bits per heavy atom. The van der Waals surface area contributed by atoms with Crippen molar-refractivity contribution in [3.05, 3.63) is 0 Å². The first-order chi connectivity index (χ1) is 13.0. The van der Waals surface area contributed by atoms with Gasteiger partial charge in [0.25, 0.3) is 5.91 Å². The zero-order chi connectivity index (χ0) is 19.4. The lowest BCUT2D eigenvalue weighted by molar-refractivity contribution is -0.156. The predicted molar refractivity (Wildman–Crippen MR) is 97.7 cm³/mol. The number of ether oxygens (including phenoxy) is 1. The lowest BCUT2D eigenvalue weighted by Crippen LogP contribution is -2.52. The first-order valence-electron chi connectivity index (χ1n) is 10.4. The van der Waals surface area contributed by atoms with E-state index in [0.717, 1.165) is 64.2 Å². The minimum Gasteiger partial charge on any atom is -0.464 e. The molecule has 2 saturated carbocycles. The highest BCUT2D eigenvalue weighted by Gasteiger charge is 2.57. The lowest BCUT2D eigenvalue weighted by atomic mass is 9.91. The molecule has 0 aromatic heterocycles. The van der Waals surface area contributed by atoms with E-state index in [4.69, 9.17) is 4.74 Å². The van der Waals surface area contributed by atoms with E-state index in [9.17, 15) is 19.2 Å². The van der Waals surface area contributed by atoms with Crippen LogP contribution in [0.2, 0.25) is 0 Å². The third-order valence-electron chi connectivity index (χ3n) is 6.07. The highest BCUT2D eigenvalue weighted by atomic mass is 16.5. The maximum Gasteiger partial charge on any atom is 0.330 e. The van der Waals surface area contributed by atoms with Gasteiger partial charge < -0.3 is 15.0 Å². The summed E-state index contributed by atoms with van der Waals surface area (Å²) in [4.78, 5) is 52.3. The van der Waals surface area contributed by atoms with Crippen LogP contribution in [0.4, 0.5) is 0 Å². The quantitative estimate of drug-likeness (QED) is 0.447. The molecule has 1 aliphatic heterocycles. The lowest BCUT2D eigenvalue weighted by Gasteiger charge is -2.35. The normalized spacial score (nSPS) is 27.7. The fourth-order valence-corrected chi connectivity index (χ4v) is 4.72. The SMILES string of the molecule is CCOC(=O)[C@H]1[C@@H](C(=O)NC2CCCCC2)C(=O)C(=O)N1C1CCCCC1. The van der Waals surface area contributed by atoms with Crippen LogP contribution in [-0.2, 0) is 23.9 Å². The maximum absolute atomic E-state index is 12.9. The van der Waals surface area contributed by atoms with Crippen LogP contribution in [0.25, 0.3) is 0 Å². The van der Waals surface area contributed by atoms with E-state index in [0.29, 0.717) is 0 Å². The van der Waals surface area contributed by atoms with Crippen molar-refractivity contribution in [2.45, 2.75) is 89.3 Å². The first-order valence-corrected chi connectivity index (χ1v) is 10.4. The monoisotopic (exact) mass is 378 g/mol. The van der Waals surface area contributed by atoms with Crippen LogP contribution in [0.5, 0.6) is 0 Å². The van der Waals surface area contributed by atoms with Crippen LogP contribution in [0.15, 0.2) is 0 Å². The van der Waals surface area contributed by atoms with Crippen molar-refractivity contribution >= 4 is 23.6 Å². The number of amides is 2. The number of carbonyl (C=O) groups excluding carboxylic acids is 4. The Morgan fingerprint density at radius 3 is 2.19 bits per heavy atom. The van der Waals surface area contributed by atoms with Crippen LogP contribution >= 0.6 is 0 Å². The Morgan fingerprint density at radius 1 is 1.00 bits per heavy atom. The number of hydrogen-bond donors (Lipinski definition) is 1. The summed E-state index contributed by atoms with van der Waals surface area (Å²) >= 11 is 0. The van der Waals surface area contributed by atoms with Crippen LogP contribution < -0.4 is 5.32 Å². The number of ketones is 1. The second kappa shape index (κ2) is 8.85. The summed E-state index contributed by atoms with van der Waals surface area (Å²) in [6.07, 6.45) is 9.48. The van der Waals surface area contributed by atoms with Gasteiger partial charge in [0.2, 0.25) is 11.7 Å². The fourth-order valence-electron chi connectivity index (χ4n) is 4.72. The van der Waals surface area contributed by atoms with E-state index in [-0.39, 0.29) is 18.7 Å². The zero-order valence-electron chi connectivity index (χ0n) is 16.1. The van der Waals surface area contributed by atoms with Crippen molar-refractivity contribution < 1.29 is 23.9 Å². The van der Waals surface area contributed by atoms with Gasteiger partial charge >= 0.3 is 5.97 Å². The fraction of sp³-hybridized carbons (Fsp3) is 0.800. The second-order valence-corrected chi connectivity index (χ2v) is 7.89. The first kappa shape index (κ1) is 19.8. The van der Waals surface area contributed by atoms with E-state index < -0.39 is 35.5 Å². The Bertz CT molecular complexity index is 593. The topological polar surface area (TPSA) is 92.8 Å². The molecular formula is C20H30N2O5. The molecule has 2 aliphatic carbocycles. The van der Waals surface area contributed by atoms with Crippen LogP contribution in [0.1, 0.15) is 71.1 Å². The summed E-state index contributed by atoms with van der Waals surface area (Å²) < 4.78 is 5.15. The molecule has 0 spiro atoms. The average molecular weight is 378 g/mol. The van der Waals surface area contributed by atoms with Crippen LogP contribution in [0.3, 0.4) is 0 Å². The van der Waals surface area contributed by atoms with Gasteiger partial charge in [-0.2, -0.15) is 0 Å². The Hall–Kier alpha value is -1.92. The Balaban J connectivity index is 1.82. The van der Waals surface area contributed by atoms with Gasteiger partial charge in [0, 0.05) is 12.1 Å². The van der Waals surface area contributed by atoms with E-state index in [1.54, 1.807) is 6.92 Å². The molecule has 0 radical (unpaired) electrons. The summed E-state index contributed by atoms with van der Waals surface area (Å²) in [5.74, 6) is -3.92. The number of Topliss-reactive ketones (excluding diaryl/α,β-unsaturated/α-hetero) is 1. The summed E-state index contributed by atoms with van der Waals surface area (Å²) in [6.45, 7) is 1.83. The third-order valence-corrected chi connectivity index (χ3v) is 6.07. The summed E-state index contributed by atoms with van der Waals surface area (Å²) in [6, 6.07) is -1.28. The number of nitrogens with zero attached hydrogens (tertiary/aromatic N) is 1. The molecule has 3 fully saturated rings. The minimum atomic E-state index is -1.29. The number of carbonyl (C=O) groups is 4. The van der Waals surface area contributed by atoms with E-state index in [2.05, 4.69) is 5.32 Å². The molecule has 0 aromatic rings. The van der Waals surface area contributed by atoms with Crippen molar-refractivity contribution in [1.82, 2.24) is 10.2 Å². The molecule has 2 amide bonds. The third kappa shape index (κ3) is 4.17. The Kier molecular flexibility index (Phi) is 6.50. The van der Waals surface area contributed by atoms with E-state index in [1.807, 2.05) is 0 Å². The van der Waals surface area contributed by atoms with Crippen LogP contribution in [0, 0.1) is 5.92 Å². The van der Waals surface area contributed by atoms with E-state index in [1.165, 1.54) is 4.90 Å². The highest BCUT2D eigenvalue weighted by Crippen LogP contribution is 2.33. The number of esters is 1. The second-order valence-electron chi connectivity index (χ2n) is 7.89. The Labute approximate surface area is 160 Å². The highest BCUT2D eigenvalue weighted by molar-refractivity contribution is 6.44. The molecule has 7 heteroatoms. The molecule has 0 unspecified atom stereocenters. The molecular weight excluding hydrogens is 348 g/mol. The van der Waals surface area contributed by atoms with E-state index >= 15 is 0 Å². The van der Waals surface area contributed by atoms with Gasteiger partial charge in [0.1, 0.15) is 12.0 Å². The summed E-state index contributed by atoms with van der Waals surface area (Å²) in [5.41, 5.74) is 0. The van der Waals surface area contributed by atoms with Crippen molar-refractivity contribution in [2.75, 3.05) is 6.61 Å². The predicted octanol–water partition coefficient (Wildman–Crippen LogP) is 1.73. The van der Waals surface area contributed by atoms with Gasteiger partial charge in [-0.05, 0) is 32.6 Å². The zero-order valence-corrected chi connectivity index (χ0v) is 16.1. The molecule has 3 aliphatic rings. The molecule has 1 N–H and O–H groups in total. The number of rotatable bonds is 5. The van der Waals surface area contributed by atoms with Crippen molar-refractivity contribution in [2.24, 2.45) is 5.92 Å². The van der Waals surface area contributed by atoms with Gasteiger partial charge in [-0.1, -0.05) is 38.5 Å². The largest absolute Gasteiger partial charge is 0.464 e. The van der Waals surface area contributed by atoms with Gasteiger partial charge in [-0.15, -0.1) is 0 Å².